The predicted molar refractivity (Wildman–Crippen MR) is 81.8 cm³/mol. The number of fused-ring (bicyclic) bond motifs is 1. The number of ether oxygens (including phenoxy) is 2. The van der Waals surface area contributed by atoms with Crippen molar-refractivity contribution in [2.45, 2.75) is 25.7 Å². The highest BCUT2D eigenvalue weighted by Crippen LogP contribution is 2.40. The number of aromatic nitrogens is 1. The lowest BCUT2D eigenvalue weighted by molar-refractivity contribution is -0.145. The molecule has 0 fully saturated rings. The zero-order valence-electron chi connectivity index (χ0n) is 12.1. The fourth-order valence-electron chi connectivity index (χ4n) is 2.58. The van der Waals surface area contributed by atoms with Crippen molar-refractivity contribution in [3.8, 4) is 16.3 Å². The van der Waals surface area contributed by atoms with Crippen molar-refractivity contribution in [2.75, 3.05) is 13.7 Å². The molecule has 0 aliphatic heterocycles. The summed E-state index contributed by atoms with van der Waals surface area (Å²) in [6.45, 7) is 2.24. The van der Waals surface area contributed by atoms with Crippen LogP contribution in [0.4, 0.5) is 0 Å². The molecule has 0 bridgehead atoms. The van der Waals surface area contributed by atoms with Crippen LogP contribution in [0.3, 0.4) is 0 Å². The van der Waals surface area contributed by atoms with Crippen LogP contribution < -0.4 is 4.74 Å². The molecule has 1 aliphatic carbocycles. The summed E-state index contributed by atoms with van der Waals surface area (Å²) in [5.41, 5.74) is 1.92. The van der Waals surface area contributed by atoms with E-state index < -0.39 is 0 Å². The molecule has 0 amide bonds. The average Bonchev–Trinajstić information content (AvgIpc) is 3.07. The Kier molecular flexibility index (Phi) is 3.92. The molecule has 0 saturated carbocycles. The summed E-state index contributed by atoms with van der Waals surface area (Å²) in [5, 5.41) is 0.938. The van der Waals surface area contributed by atoms with E-state index in [1.165, 1.54) is 4.88 Å². The van der Waals surface area contributed by atoms with Crippen molar-refractivity contribution in [3.63, 3.8) is 0 Å². The highest BCUT2D eigenvalue weighted by molar-refractivity contribution is 7.15. The van der Waals surface area contributed by atoms with Gasteiger partial charge in [-0.2, -0.15) is 0 Å². The third-order valence-corrected chi connectivity index (χ3v) is 4.79. The lowest BCUT2D eigenvalue weighted by Crippen LogP contribution is -2.14. The van der Waals surface area contributed by atoms with E-state index in [9.17, 15) is 4.79 Å². The summed E-state index contributed by atoms with van der Waals surface area (Å²) in [6, 6.07) is 7.83. The van der Waals surface area contributed by atoms with E-state index in [0.717, 1.165) is 34.9 Å². The monoisotopic (exact) mass is 303 g/mol. The number of rotatable bonds is 4. The van der Waals surface area contributed by atoms with E-state index in [1.54, 1.807) is 18.4 Å². The smallest absolute Gasteiger partial charge is 0.315 e. The highest BCUT2D eigenvalue weighted by atomic mass is 32.1. The Morgan fingerprint density at radius 3 is 3.10 bits per heavy atom. The molecule has 1 unspecified atom stereocenters. The summed E-state index contributed by atoms with van der Waals surface area (Å²) in [5.74, 6) is 0.458. The van der Waals surface area contributed by atoms with E-state index >= 15 is 0 Å². The largest absolute Gasteiger partial charge is 0.497 e. The quantitative estimate of drug-likeness (QED) is 0.812. The Hall–Kier alpha value is -1.88. The second-order valence-electron chi connectivity index (χ2n) is 4.90. The normalized spacial score (nSPS) is 16.6. The maximum absolute atomic E-state index is 12.0. The summed E-state index contributed by atoms with van der Waals surface area (Å²) < 4.78 is 10.4. The molecular weight excluding hydrogens is 286 g/mol. The number of carbonyl (C=O) groups is 1. The number of benzene rings is 1. The molecule has 1 aromatic heterocycles. The second kappa shape index (κ2) is 5.85. The van der Waals surface area contributed by atoms with Crippen LogP contribution in [0.5, 0.6) is 5.75 Å². The fraction of sp³-hybridized carbons (Fsp3) is 0.375. The molecule has 0 radical (unpaired) electrons. The van der Waals surface area contributed by atoms with Crippen LogP contribution >= 0.6 is 11.3 Å². The first kappa shape index (κ1) is 14.1. The first-order valence-corrected chi connectivity index (χ1v) is 7.85. The van der Waals surface area contributed by atoms with Crippen LogP contribution in [0.2, 0.25) is 0 Å². The minimum Gasteiger partial charge on any atom is -0.497 e. The van der Waals surface area contributed by atoms with Crippen molar-refractivity contribution < 1.29 is 14.3 Å². The van der Waals surface area contributed by atoms with Crippen molar-refractivity contribution in [1.29, 1.82) is 0 Å². The van der Waals surface area contributed by atoms with Gasteiger partial charge in [-0.15, -0.1) is 11.3 Å². The van der Waals surface area contributed by atoms with Gasteiger partial charge in [-0.3, -0.25) is 4.79 Å². The minimum atomic E-state index is -0.199. The van der Waals surface area contributed by atoms with Gasteiger partial charge < -0.3 is 9.47 Å². The van der Waals surface area contributed by atoms with Gasteiger partial charge >= 0.3 is 5.97 Å². The van der Waals surface area contributed by atoms with E-state index in [0.29, 0.717) is 6.61 Å². The summed E-state index contributed by atoms with van der Waals surface area (Å²) in [7, 11) is 1.65. The Balaban J connectivity index is 1.91. The van der Waals surface area contributed by atoms with Gasteiger partial charge in [0.05, 0.1) is 19.4 Å². The van der Waals surface area contributed by atoms with Crippen LogP contribution in [-0.2, 0) is 16.0 Å². The number of thiazole rings is 1. The van der Waals surface area contributed by atoms with Gasteiger partial charge in [-0.25, -0.2) is 4.98 Å². The average molecular weight is 303 g/mol. The number of carbonyl (C=O) groups excluding carboxylic acids is 1. The Morgan fingerprint density at radius 2 is 2.33 bits per heavy atom. The van der Waals surface area contributed by atoms with Gasteiger partial charge in [0, 0.05) is 10.4 Å². The van der Waals surface area contributed by atoms with Crippen LogP contribution in [0.1, 0.15) is 29.8 Å². The molecule has 0 saturated heterocycles. The lowest BCUT2D eigenvalue weighted by atomic mass is 10.1. The van der Waals surface area contributed by atoms with Crippen LogP contribution in [-0.4, -0.2) is 24.7 Å². The third kappa shape index (κ3) is 2.65. The van der Waals surface area contributed by atoms with Crippen molar-refractivity contribution >= 4 is 17.3 Å². The van der Waals surface area contributed by atoms with Gasteiger partial charge in [0.25, 0.3) is 0 Å². The van der Waals surface area contributed by atoms with E-state index in [2.05, 4.69) is 4.98 Å². The van der Waals surface area contributed by atoms with Crippen LogP contribution in [0, 0.1) is 0 Å². The van der Waals surface area contributed by atoms with Crippen molar-refractivity contribution in [1.82, 2.24) is 4.98 Å². The Labute approximate surface area is 127 Å². The van der Waals surface area contributed by atoms with Gasteiger partial charge in [-0.1, -0.05) is 12.1 Å². The number of nitrogens with zero attached hydrogens (tertiary/aromatic N) is 1. The zero-order valence-corrected chi connectivity index (χ0v) is 12.9. The summed E-state index contributed by atoms with van der Waals surface area (Å²) in [4.78, 5) is 17.9. The number of methoxy groups -OCH3 is 1. The van der Waals surface area contributed by atoms with Gasteiger partial charge in [0.2, 0.25) is 0 Å². The van der Waals surface area contributed by atoms with E-state index in [-0.39, 0.29) is 11.9 Å². The SMILES string of the molecule is CCOC(=O)C1CCc2sc(-c3cccc(OC)c3)nc21. The van der Waals surface area contributed by atoms with E-state index in [1.807, 2.05) is 31.2 Å². The molecule has 3 rings (SSSR count). The summed E-state index contributed by atoms with van der Waals surface area (Å²) >= 11 is 1.66. The zero-order chi connectivity index (χ0) is 14.8. The van der Waals surface area contributed by atoms with Gasteiger partial charge in [0.1, 0.15) is 16.7 Å². The topological polar surface area (TPSA) is 48.4 Å². The van der Waals surface area contributed by atoms with E-state index in [4.69, 9.17) is 9.47 Å². The molecule has 110 valence electrons. The minimum absolute atomic E-state index is 0.154. The first-order valence-electron chi connectivity index (χ1n) is 7.03. The molecule has 4 nitrogen and oxygen atoms in total. The van der Waals surface area contributed by atoms with Crippen LogP contribution in [0.25, 0.3) is 10.6 Å². The number of aryl methyl sites for hydroxylation is 1. The highest BCUT2D eigenvalue weighted by Gasteiger charge is 2.33. The molecule has 21 heavy (non-hydrogen) atoms. The molecule has 0 spiro atoms. The number of esters is 1. The molecule has 2 aromatic rings. The fourth-order valence-corrected chi connectivity index (χ4v) is 3.71. The maximum Gasteiger partial charge on any atom is 0.315 e. The molecule has 5 heteroatoms. The third-order valence-electron chi connectivity index (χ3n) is 3.61. The first-order chi connectivity index (χ1) is 10.2. The molecule has 1 aromatic carbocycles. The number of hydrogen-bond donors (Lipinski definition) is 0. The molecular formula is C16H17NO3S. The molecule has 1 heterocycles. The van der Waals surface area contributed by atoms with Crippen molar-refractivity contribution in [2.24, 2.45) is 0 Å². The van der Waals surface area contributed by atoms with Crippen molar-refractivity contribution in [3.05, 3.63) is 34.8 Å². The number of hydrogen-bond acceptors (Lipinski definition) is 5. The summed E-state index contributed by atoms with van der Waals surface area (Å²) in [6.07, 6.45) is 1.71. The van der Waals surface area contributed by atoms with Crippen LogP contribution in [0.15, 0.2) is 24.3 Å². The van der Waals surface area contributed by atoms with Gasteiger partial charge in [-0.05, 0) is 31.9 Å². The Morgan fingerprint density at radius 1 is 1.48 bits per heavy atom. The lowest BCUT2D eigenvalue weighted by Gasteiger charge is -2.08. The molecule has 1 atom stereocenters. The predicted octanol–water partition coefficient (Wildman–Crippen LogP) is 3.41. The van der Waals surface area contributed by atoms with Gasteiger partial charge in [0.15, 0.2) is 0 Å². The molecule has 1 aliphatic rings. The Bertz CT molecular complexity index is 665. The standard InChI is InChI=1S/C16H17NO3S/c1-3-20-16(18)12-7-8-13-14(12)17-15(21-13)10-5-4-6-11(9-10)19-2/h4-6,9,12H,3,7-8H2,1-2H3. The maximum atomic E-state index is 12.0. The molecule has 0 N–H and O–H groups in total. The second-order valence-corrected chi connectivity index (χ2v) is 5.99.